The predicted molar refractivity (Wildman–Crippen MR) is 103 cm³/mol. The van der Waals surface area contributed by atoms with Gasteiger partial charge in [0.05, 0.1) is 11.3 Å². The van der Waals surface area contributed by atoms with Crippen LogP contribution in [-0.2, 0) is 0 Å². The van der Waals surface area contributed by atoms with Crippen molar-refractivity contribution in [3.63, 3.8) is 0 Å². The molecular formula is C21H16ClNO3. The van der Waals surface area contributed by atoms with E-state index in [1.807, 2.05) is 37.3 Å². The molecule has 3 aromatic rings. The molecule has 5 heteroatoms. The maximum atomic E-state index is 12.6. The first-order valence-corrected chi connectivity index (χ1v) is 8.33. The van der Waals surface area contributed by atoms with Gasteiger partial charge in [0.15, 0.2) is 0 Å². The first-order valence-electron chi connectivity index (χ1n) is 7.95. The Morgan fingerprint density at radius 2 is 1.65 bits per heavy atom. The lowest BCUT2D eigenvalue weighted by Crippen LogP contribution is -2.14. The molecule has 1 amide bonds. The Labute approximate surface area is 156 Å². The Balaban J connectivity index is 1.88. The topological polar surface area (TPSA) is 66.4 Å². The average Bonchev–Trinajstić information content (AvgIpc) is 2.63. The van der Waals surface area contributed by atoms with Gasteiger partial charge in [-0.2, -0.15) is 0 Å². The molecule has 0 fully saturated rings. The van der Waals surface area contributed by atoms with Gasteiger partial charge in [0.2, 0.25) is 0 Å². The molecule has 0 aromatic heterocycles. The quantitative estimate of drug-likeness (QED) is 0.662. The number of benzene rings is 3. The van der Waals surface area contributed by atoms with Crippen molar-refractivity contribution in [3.05, 3.63) is 88.4 Å². The number of nitrogens with one attached hydrogen (secondary N) is 1. The number of amides is 1. The van der Waals surface area contributed by atoms with Crippen LogP contribution >= 0.6 is 11.6 Å². The fourth-order valence-corrected chi connectivity index (χ4v) is 2.76. The predicted octanol–water partition coefficient (Wildman–Crippen LogP) is 5.27. The summed E-state index contributed by atoms with van der Waals surface area (Å²) in [5, 5.41) is 12.2. The van der Waals surface area contributed by atoms with Gasteiger partial charge in [0.1, 0.15) is 0 Å². The van der Waals surface area contributed by atoms with E-state index < -0.39 is 5.97 Å². The number of hydrogen-bond acceptors (Lipinski definition) is 2. The molecule has 0 aliphatic carbocycles. The lowest BCUT2D eigenvalue weighted by atomic mass is 10.0. The molecule has 26 heavy (non-hydrogen) atoms. The summed E-state index contributed by atoms with van der Waals surface area (Å²) in [7, 11) is 0. The highest BCUT2D eigenvalue weighted by atomic mass is 35.5. The molecule has 0 saturated carbocycles. The molecule has 0 aliphatic heterocycles. The van der Waals surface area contributed by atoms with Crippen LogP contribution in [0.2, 0.25) is 5.02 Å². The molecule has 0 saturated heterocycles. The van der Waals surface area contributed by atoms with Crippen LogP contribution < -0.4 is 5.32 Å². The zero-order chi connectivity index (χ0) is 18.7. The van der Waals surface area contributed by atoms with Crippen molar-refractivity contribution >= 4 is 29.2 Å². The van der Waals surface area contributed by atoms with E-state index in [0.717, 1.165) is 16.7 Å². The van der Waals surface area contributed by atoms with Crippen LogP contribution in [0.3, 0.4) is 0 Å². The number of aryl methyl sites for hydroxylation is 1. The zero-order valence-electron chi connectivity index (χ0n) is 14.0. The Kier molecular flexibility index (Phi) is 5.05. The van der Waals surface area contributed by atoms with Gasteiger partial charge >= 0.3 is 5.97 Å². The van der Waals surface area contributed by atoms with E-state index in [9.17, 15) is 14.7 Å². The minimum Gasteiger partial charge on any atom is -0.478 e. The number of hydrogen-bond donors (Lipinski definition) is 2. The summed E-state index contributed by atoms with van der Waals surface area (Å²) in [5.74, 6) is -1.54. The van der Waals surface area contributed by atoms with Gasteiger partial charge < -0.3 is 10.4 Å². The van der Waals surface area contributed by atoms with Crippen LogP contribution in [0.15, 0.2) is 66.7 Å². The minimum atomic E-state index is -1.16. The number of carbonyl (C=O) groups excluding carboxylic acids is 1. The highest BCUT2D eigenvalue weighted by Gasteiger charge is 2.14. The number of rotatable bonds is 4. The van der Waals surface area contributed by atoms with Crippen molar-refractivity contribution in [2.24, 2.45) is 0 Å². The number of carboxylic acids is 1. The SMILES string of the molecule is Cc1ccc(-c2cccc(C(=O)Nc3ccc(Cl)cc3C(=O)O)c2)cc1. The highest BCUT2D eigenvalue weighted by Crippen LogP contribution is 2.24. The summed E-state index contributed by atoms with van der Waals surface area (Å²) in [5.41, 5.74) is 3.66. The normalized spacial score (nSPS) is 10.4. The van der Waals surface area contributed by atoms with Crippen molar-refractivity contribution in [1.29, 1.82) is 0 Å². The van der Waals surface area contributed by atoms with Crippen molar-refractivity contribution < 1.29 is 14.7 Å². The highest BCUT2D eigenvalue weighted by molar-refractivity contribution is 6.31. The molecule has 0 bridgehead atoms. The first-order chi connectivity index (χ1) is 12.4. The van der Waals surface area contributed by atoms with E-state index in [4.69, 9.17) is 11.6 Å². The molecule has 3 aromatic carbocycles. The summed E-state index contributed by atoms with van der Waals surface area (Å²) >= 11 is 5.84. The molecule has 3 rings (SSSR count). The number of halogens is 1. The van der Waals surface area contributed by atoms with E-state index in [0.29, 0.717) is 10.6 Å². The molecule has 0 radical (unpaired) electrons. The molecule has 0 spiro atoms. The summed E-state index contributed by atoms with van der Waals surface area (Å²) < 4.78 is 0. The monoisotopic (exact) mass is 365 g/mol. The fraction of sp³-hybridized carbons (Fsp3) is 0.0476. The molecule has 2 N–H and O–H groups in total. The molecule has 4 nitrogen and oxygen atoms in total. The standard InChI is InChI=1S/C21H16ClNO3/c1-13-5-7-14(8-6-13)15-3-2-4-16(11-15)20(24)23-19-10-9-17(22)12-18(19)21(25)26/h2-12H,1H3,(H,23,24)(H,25,26). The number of carbonyl (C=O) groups is 2. The molecule has 0 atom stereocenters. The number of carboxylic acid groups (broad SMARTS) is 1. The van der Waals surface area contributed by atoms with Crippen LogP contribution in [0.25, 0.3) is 11.1 Å². The van der Waals surface area contributed by atoms with Gasteiger partial charge in [-0.15, -0.1) is 0 Å². The molecule has 0 heterocycles. The fourth-order valence-electron chi connectivity index (χ4n) is 2.58. The second-order valence-corrected chi connectivity index (χ2v) is 6.33. The number of aromatic carboxylic acids is 1. The average molecular weight is 366 g/mol. The van der Waals surface area contributed by atoms with E-state index in [-0.39, 0.29) is 17.2 Å². The lowest BCUT2D eigenvalue weighted by Gasteiger charge is -2.10. The van der Waals surface area contributed by atoms with E-state index in [1.165, 1.54) is 18.2 Å². The second kappa shape index (κ2) is 7.42. The number of anilines is 1. The lowest BCUT2D eigenvalue weighted by molar-refractivity contribution is 0.0698. The van der Waals surface area contributed by atoms with Crippen LogP contribution in [0.4, 0.5) is 5.69 Å². The smallest absolute Gasteiger partial charge is 0.337 e. The largest absolute Gasteiger partial charge is 0.478 e. The third kappa shape index (κ3) is 3.92. The van der Waals surface area contributed by atoms with Gasteiger partial charge in [-0.1, -0.05) is 53.6 Å². The first kappa shape index (κ1) is 17.7. The summed E-state index contributed by atoms with van der Waals surface area (Å²) in [6.07, 6.45) is 0. The molecular weight excluding hydrogens is 350 g/mol. The van der Waals surface area contributed by atoms with Crippen LogP contribution in [0, 0.1) is 6.92 Å². The van der Waals surface area contributed by atoms with Crippen LogP contribution in [0.1, 0.15) is 26.3 Å². The van der Waals surface area contributed by atoms with Crippen molar-refractivity contribution in [2.75, 3.05) is 5.32 Å². The molecule has 0 aliphatic rings. The van der Waals surface area contributed by atoms with Crippen LogP contribution in [-0.4, -0.2) is 17.0 Å². The zero-order valence-corrected chi connectivity index (χ0v) is 14.7. The summed E-state index contributed by atoms with van der Waals surface area (Å²) in [4.78, 5) is 23.9. The molecule has 130 valence electrons. The Bertz CT molecular complexity index is 981. The van der Waals surface area contributed by atoms with Gasteiger partial charge in [-0.05, 0) is 48.4 Å². The Morgan fingerprint density at radius 1 is 0.923 bits per heavy atom. The van der Waals surface area contributed by atoms with Gasteiger partial charge in [-0.3, -0.25) is 4.79 Å². The molecule has 0 unspecified atom stereocenters. The maximum Gasteiger partial charge on any atom is 0.337 e. The summed E-state index contributed by atoms with van der Waals surface area (Å²) in [6, 6.07) is 19.5. The van der Waals surface area contributed by atoms with Gasteiger partial charge in [-0.25, -0.2) is 4.79 Å². The Morgan fingerprint density at radius 3 is 2.35 bits per heavy atom. The summed E-state index contributed by atoms with van der Waals surface area (Å²) in [6.45, 7) is 2.01. The van der Waals surface area contributed by atoms with Crippen molar-refractivity contribution in [1.82, 2.24) is 0 Å². The maximum absolute atomic E-state index is 12.6. The minimum absolute atomic E-state index is 0.0551. The van der Waals surface area contributed by atoms with E-state index in [1.54, 1.807) is 18.2 Å². The van der Waals surface area contributed by atoms with E-state index in [2.05, 4.69) is 5.32 Å². The third-order valence-corrected chi connectivity index (χ3v) is 4.20. The van der Waals surface area contributed by atoms with Gasteiger partial charge in [0, 0.05) is 10.6 Å². The van der Waals surface area contributed by atoms with E-state index >= 15 is 0 Å². The van der Waals surface area contributed by atoms with Gasteiger partial charge in [0.25, 0.3) is 5.91 Å². The van der Waals surface area contributed by atoms with Crippen molar-refractivity contribution in [2.45, 2.75) is 6.92 Å². The van der Waals surface area contributed by atoms with Crippen molar-refractivity contribution in [3.8, 4) is 11.1 Å². The third-order valence-electron chi connectivity index (χ3n) is 3.97. The second-order valence-electron chi connectivity index (χ2n) is 5.90. The van der Waals surface area contributed by atoms with Crippen LogP contribution in [0.5, 0.6) is 0 Å². The Hall–Kier alpha value is -3.11.